The molecule has 0 bridgehead atoms. The van der Waals surface area contributed by atoms with Crippen LogP contribution in [-0.2, 0) is 4.79 Å². The molecule has 1 rings (SSSR count). The van der Waals surface area contributed by atoms with Crippen LogP contribution in [0.2, 0.25) is 0 Å². The van der Waals surface area contributed by atoms with E-state index in [0.717, 1.165) is 13.1 Å². The van der Waals surface area contributed by atoms with Gasteiger partial charge in [0.1, 0.15) is 11.3 Å². The number of piperidine rings is 1. The van der Waals surface area contributed by atoms with Gasteiger partial charge in [0.05, 0.1) is 6.07 Å². The molecule has 1 fully saturated rings. The van der Waals surface area contributed by atoms with E-state index in [0.29, 0.717) is 0 Å². The first kappa shape index (κ1) is 14.1. The quantitative estimate of drug-likeness (QED) is 0.667. The Hall–Kier alpha value is -0.880. The summed E-state index contributed by atoms with van der Waals surface area (Å²) in [5.41, 5.74) is -0.250. The Morgan fingerprint density at radius 2 is 1.60 bits per heavy atom. The number of nitriles is 1. The molecule has 0 amide bonds. The van der Waals surface area contributed by atoms with Crippen LogP contribution in [0.1, 0.15) is 47.0 Å². The molecule has 1 aliphatic heterocycles. The highest BCUT2D eigenvalue weighted by atomic mass is 16.1. The third-order valence-corrected chi connectivity index (χ3v) is 2.42. The van der Waals surface area contributed by atoms with Crippen LogP contribution in [0.15, 0.2) is 0 Å². The highest BCUT2D eigenvalue weighted by molar-refractivity contribution is 5.72. The fraction of sp³-hybridized carbons (Fsp3) is 0.833. The number of Topliss-reactive ketones (excluding diaryl/α,β-unsaturated/α-hetero) is 1. The lowest BCUT2D eigenvalue weighted by molar-refractivity contribution is -0.114. The van der Waals surface area contributed by atoms with Crippen molar-refractivity contribution in [1.82, 2.24) is 4.90 Å². The van der Waals surface area contributed by atoms with Crippen molar-refractivity contribution in [3.63, 3.8) is 0 Å². The molecule has 1 aliphatic rings. The van der Waals surface area contributed by atoms with Gasteiger partial charge in [0.25, 0.3) is 0 Å². The molecule has 0 aromatic rings. The minimum Gasteiger partial charge on any atom is -0.300 e. The normalized spacial score (nSPS) is 17.3. The predicted molar refractivity (Wildman–Crippen MR) is 61.5 cm³/mol. The number of carbonyl (C=O) groups excluding carboxylic acids is 1. The number of likely N-dealkylation sites (tertiary alicyclic amines) is 1. The minimum atomic E-state index is -0.250. The molecule has 3 heteroatoms. The van der Waals surface area contributed by atoms with Crippen molar-refractivity contribution < 1.29 is 4.79 Å². The maximum absolute atomic E-state index is 9.44. The van der Waals surface area contributed by atoms with E-state index < -0.39 is 0 Å². The molecule has 0 spiro atoms. The summed E-state index contributed by atoms with van der Waals surface area (Å²) in [6.45, 7) is 9.25. The van der Waals surface area contributed by atoms with Gasteiger partial charge in [-0.1, -0.05) is 6.42 Å². The first-order chi connectivity index (χ1) is 6.90. The summed E-state index contributed by atoms with van der Waals surface area (Å²) in [7, 11) is 0. The van der Waals surface area contributed by atoms with Crippen LogP contribution in [0, 0.1) is 11.3 Å². The number of nitrogens with zero attached hydrogens (tertiary/aromatic N) is 2. The topological polar surface area (TPSA) is 44.1 Å². The van der Waals surface area contributed by atoms with E-state index in [-0.39, 0.29) is 11.3 Å². The van der Waals surface area contributed by atoms with Gasteiger partial charge in [0, 0.05) is 0 Å². The van der Waals surface area contributed by atoms with Crippen molar-refractivity contribution in [3.05, 3.63) is 0 Å². The first-order valence-electron chi connectivity index (χ1n) is 5.53. The number of hydrogen-bond donors (Lipinski definition) is 0. The minimum absolute atomic E-state index is 0.167. The Labute approximate surface area is 93.1 Å². The van der Waals surface area contributed by atoms with E-state index in [1.54, 1.807) is 0 Å². The first-order valence-corrected chi connectivity index (χ1v) is 5.53. The van der Waals surface area contributed by atoms with Crippen LogP contribution >= 0.6 is 0 Å². The molecule has 1 heterocycles. The largest absolute Gasteiger partial charge is 0.300 e. The molecule has 0 atom stereocenters. The molecule has 0 N–H and O–H groups in total. The van der Waals surface area contributed by atoms with Gasteiger partial charge in [-0.2, -0.15) is 5.26 Å². The number of carbonyl (C=O) groups is 1. The van der Waals surface area contributed by atoms with Gasteiger partial charge in [-0.05, 0) is 53.6 Å². The van der Waals surface area contributed by atoms with Gasteiger partial charge >= 0.3 is 0 Å². The second kappa shape index (κ2) is 6.58. The predicted octanol–water partition coefficient (Wildman–Crippen LogP) is 2.37. The van der Waals surface area contributed by atoms with E-state index >= 15 is 0 Å². The average molecular weight is 210 g/mol. The molecular weight excluding hydrogens is 188 g/mol. The third-order valence-electron chi connectivity index (χ3n) is 2.42. The molecule has 0 saturated carbocycles. The molecule has 0 radical (unpaired) electrons. The molecule has 0 aliphatic carbocycles. The summed E-state index contributed by atoms with van der Waals surface area (Å²) >= 11 is 0. The van der Waals surface area contributed by atoms with Gasteiger partial charge in [0.2, 0.25) is 0 Å². The SMILES string of the molecule is CC(C)(C#N)N1CCCCC1.CC(C)=O. The summed E-state index contributed by atoms with van der Waals surface area (Å²) < 4.78 is 0. The summed E-state index contributed by atoms with van der Waals surface area (Å²) in [6.07, 6.45) is 3.84. The van der Waals surface area contributed by atoms with Crippen LogP contribution in [0.5, 0.6) is 0 Å². The van der Waals surface area contributed by atoms with Gasteiger partial charge in [-0.3, -0.25) is 4.90 Å². The van der Waals surface area contributed by atoms with Crippen molar-refractivity contribution in [1.29, 1.82) is 5.26 Å². The van der Waals surface area contributed by atoms with Gasteiger partial charge < -0.3 is 4.79 Å². The van der Waals surface area contributed by atoms with Crippen LogP contribution < -0.4 is 0 Å². The van der Waals surface area contributed by atoms with Gasteiger partial charge in [-0.25, -0.2) is 0 Å². The van der Waals surface area contributed by atoms with Crippen molar-refractivity contribution in [2.75, 3.05) is 13.1 Å². The second-order valence-electron chi connectivity index (χ2n) is 4.63. The van der Waals surface area contributed by atoms with Crippen molar-refractivity contribution in [3.8, 4) is 6.07 Å². The van der Waals surface area contributed by atoms with E-state index in [9.17, 15) is 4.79 Å². The zero-order chi connectivity index (χ0) is 11.9. The van der Waals surface area contributed by atoms with Crippen molar-refractivity contribution >= 4 is 5.78 Å². The molecule has 86 valence electrons. The summed E-state index contributed by atoms with van der Waals surface area (Å²) in [4.78, 5) is 11.7. The Balaban J connectivity index is 0.000000423. The van der Waals surface area contributed by atoms with Gasteiger partial charge in [-0.15, -0.1) is 0 Å². The monoisotopic (exact) mass is 210 g/mol. The summed E-state index contributed by atoms with van der Waals surface area (Å²) in [5, 5.41) is 8.85. The molecule has 3 nitrogen and oxygen atoms in total. The Morgan fingerprint density at radius 1 is 1.20 bits per heavy atom. The summed E-state index contributed by atoms with van der Waals surface area (Å²) in [6, 6.07) is 2.34. The molecule has 0 unspecified atom stereocenters. The fourth-order valence-corrected chi connectivity index (χ4v) is 1.52. The summed E-state index contributed by atoms with van der Waals surface area (Å²) in [5.74, 6) is 0.167. The average Bonchev–Trinajstić information content (AvgIpc) is 2.18. The van der Waals surface area contributed by atoms with Crippen molar-refractivity contribution in [2.24, 2.45) is 0 Å². The van der Waals surface area contributed by atoms with E-state index in [2.05, 4.69) is 11.0 Å². The van der Waals surface area contributed by atoms with E-state index in [4.69, 9.17) is 5.26 Å². The number of hydrogen-bond acceptors (Lipinski definition) is 3. The number of ketones is 1. The van der Waals surface area contributed by atoms with E-state index in [1.807, 2.05) is 13.8 Å². The Kier molecular flexibility index (Phi) is 6.19. The molecule has 0 aromatic heterocycles. The number of rotatable bonds is 1. The molecule has 15 heavy (non-hydrogen) atoms. The Bertz CT molecular complexity index is 230. The van der Waals surface area contributed by atoms with Gasteiger partial charge in [0.15, 0.2) is 0 Å². The van der Waals surface area contributed by atoms with Crippen LogP contribution in [-0.4, -0.2) is 29.3 Å². The lowest BCUT2D eigenvalue weighted by Crippen LogP contribution is -2.45. The standard InChI is InChI=1S/C9H16N2.C3H6O/c1-9(2,8-10)11-6-4-3-5-7-11;1-3(2)4/h3-7H2,1-2H3;1-2H3. The lowest BCUT2D eigenvalue weighted by atomic mass is 10.0. The highest BCUT2D eigenvalue weighted by Crippen LogP contribution is 2.19. The second-order valence-corrected chi connectivity index (χ2v) is 4.63. The maximum atomic E-state index is 9.44. The fourth-order valence-electron chi connectivity index (χ4n) is 1.52. The smallest absolute Gasteiger partial charge is 0.126 e. The zero-order valence-electron chi connectivity index (χ0n) is 10.3. The zero-order valence-corrected chi connectivity index (χ0v) is 10.3. The Morgan fingerprint density at radius 3 is 1.93 bits per heavy atom. The molecule has 1 saturated heterocycles. The van der Waals surface area contributed by atoms with E-state index in [1.165, 1.54) is 33.1 Å². The lowest BCUT2D eigenvalue weighted by Gasteiger charge is -2.35. The van der Waals surface area contributed by atoms with Crippen LogP contribution in [0.4, 0.5) is 0 Å². The highest BCUT2D eigenvalue weighted by Gasteiger charge is 2.26. The maximum Gasteiger partial charge on any atom is 0.126 e. The van der Waals surface area contributed by atoms with Crippen LogP contribution in [0.3, 0.4) is 0 Å². The third kappa shape index (κ3) is 6.24. The molecule has 0 aromatic carbocycles. The van der Waals surface area contributed by atoms with Crippen LogP contribution in [0.25, 0.3) is 0 Å². The molecular formula is C12H22N2O. The van der Waals surface area contributed by atoms with Crippen molar-refractivity contribution in [2.45, 2.75) is 52.5 Å².